The van der Waals surface area contributed by atoms with Gasteiger partial charge in [-0.15, -0.1) is 11.3 Å². The number of pyridine rings is 1. The molecule has 4 nitrogen and oxygen atoms in total. The predicted octanol–water partition coefficient (Wildman–Crippen LogP) is 13.1. The summed E-state index contributed by atoms with van der Waals surface area (Å²) < 4.78 is 8.93. The Morgan fingerprint density at radius 1 is 0.404 bits per heavy atom. The third-order valence-electron chi connectivity index (χ3n) is 10.1. The van der Waals surface area contributed by atoms with Crippen molar-refractivity contribution >= 4 is 75.1 Å². The van der Waals surface area contributed by atoms with Crippen LogP contribution in [0.25, 0.3) is 109 Å². The van der Waals surface area contributed by atoms with E-state index in [1.807, 2.05) is 47.7 Å². The van der Waals surface area contributed by atoms with Crippen molar-refractivity contribution in [2.75, 3.05) is 0 Å². The monoisotopic (exact) mass is 681 g/mol. The molecule has 0 saturated heterocycles. The van der Waals surface area contributed by atoms with Gasteiger partial charge in [-0.25, -0.2) is 15.0 Å². The van der Waals surface area contributed by atoms with E-state index in [4.69, 9.17) is 19.4 Å². The third kappa shape index (κ3) is 4.50. The smallest absolute Gasteiger partial charge is 0.160 e. The summed E-state index contributed by atoms with van der Waals surface area (Å²) in [7, 11) is 0. The second-order valence-electron chi connectivity index (χ2n) is 13.1. The number of nitrogens with zero attached hydrogens (tertiary/aromatic N) is 3. The van der Waals surface area contributed by atoms with Crippen LogP contribution in [-0.2, 0) is 0 Å². The van der Waals surface area contributed by atoms with Crippen LogP contribution in [0.2, 0.25) is 0 Å². The van der Waals surface area contributed by atoms with Crippen molar-refractivity contribution in [2.45, 2.75) is 0 Å². The molecule has 0 saturated carbocycles. The molecular formula is C47H27N3OS. The van der Waals surface area contributed by atoms with Gasteiger partial charge in [-0.2, -0.15) is 0 Å². The average Bonchev–Trinajstić information content (AvgIpc) is 3.79. The first-order chi connectivity index (χ1) is 25.8. The molecule has 0 aliphatic rings. The lowest BCUT2D eigenvalue weighted by Gasteiger charge is -2.14. The number of benzene rings is 7. The molecule has 0 radical (unpaired) electrons. The highest BCUT2D eigenvalue weighted by Gasteiger charge is 2.20. The van der Waals surface area contributed by atoms with Gasteiger partial charge in [0.2, 0.25) is 0 Å². The number of thiophene rings is 1. The Morgan fingerprint density at radius 3 is 2.00 bits per heavy atom. The quantitative estimate of drug-likeness (QED) is 0.174. The summed E-state index contributed by atoms with van der Waals surface area (Å²) in [5, 5.41) is 7.92. The molecule has 4 heterocycles. The molecule has 0 atom stereocenters. The molecule has 0 unspecified atom stereocenters. The van der Waals surface area contributed by atoms with Crippen molar-refractivity contribution in [1.82, 2.24) is 15.0 Å². The van der Waals surface area contributed by atoms with Gasteiger partial charge in [0.05, 0.1) is 22.6 Å². The van der Waals surface area contributed by atoms with E-state index in [0.29, 0.717) is 5.82 Å². The normalized spacial score (nSPS) is 11.8. The Bertz CT molecular complexity index is 3180. The van der Waals surface area contributed by atoms with Gasteiger partial charge in [0.25, 0.3) is 0 Å². The van der Waals surface area contributed by atoms with E-state index in [1.54, 1.807) is 0 Å². The molecule has 242 valence electrons. The highest BCUT2D eigenvalue weighted by Crippen LogP contribution is 2.43. The molecule has 11 rings (SSSR count). The minimum absolute atomic E-state index is 0.690. The Balaban J connectivity index is 1.21. The molecule has 0 aliphatic heterocycles. The zero-order chi connectivity index (χ0) is 34.2. The summed E-state index contributed by atoms with van der Waals surface area (Å²) in [6.45, 7) is 0. The summed E-state index contributed by atoms with van der Waals surface area (Å²) in [6, 6.07) is 57.0. The minimum atomic E-state index is 0.690. The van der Waals surface area contributed by atoms with E-state index >= 15 is 0 Å². The van der Waals surface area contributed by atoms with Crippen molar-refractivity contribution in [3.63, 3.8) is 0 Å². The van der Waals surface area contributed by atoms with Gasteiger partial charge in [0.1, 0.15) is 11.2 Å². The van der Waals surface area contributed by atoms with Crippen LogP contribution in [-0.4, -0.2) is 15.0 Å². The highest BCUT2D eigenvalue weighted by atomic mass is 32.1. The highest BCUT2D eigenvalue weighted by molar-refractivity contribution is 7.25. The molecular weight excluding hydrogens is 655 g/mol. The van der Waals surface area contributed by atoms with E-state index in [-0.39, 0.29) is 0 Å². The molecule has 0 spiro atoms. The molecule has 4 aromatic heterocycles. The fourth-order valence-corrected chi connectivity index (χ4v) is 8.85. The number of rotatable bonds is 4. The van der Waals surface area contributed by atoms with Crippen molar-refractivity contribution < 1.29 is 4.42 Å². The first kappa shape index (κ1) is 29.1. The van der Waals surface area contributed by atoms with Crippen LogP contribution in [0, 0.1) is 0 Å². The van der Waals surface area contributed by atoms with Crippen LogP contribution >= 0.6 is 11.3 Å². The summed E-state index contributed by atoms with van der Waals surface area (Å²) >= 11 is 1.82. The van der Waals surface area contributed by atoms with Gasteiger partial charge in [-0.3, -0.25) is 0 Å². The van der Waals surface area contributed by atoms with Crippen LogP contribution in [0.3, 0.4) is 0 Å². The van der Waals surface area contributed by atoms with Gasteiger partial charge in [-0.1, -0.05) is 115 Å². The van der Waals surface area contributed by atoms with Gasteiger partial charge < -0.3 is 4.42 Å². The maximum absolute atomic E-state index is 6.42. The summed E-state index contributed by atoms with van der Waals surface area (Å²) in [6.07, 6.45) is 0. The molecule has 52 heavy (non-hydrogen) atoms. The first-order valence-electron chi connectivity index (χ1n) is 17.4. The Morgan fingerprint density at radius 2 is 1.13 bits per heavy atom. The molecule has 0 fully saturated rings. The van der Waals surface area contributed by atoms with Crippen LogP contribution in [0.5, 0.6) is 0 Å². The van der Waals surface area contributed by atoms with Crippen molar-refractivity contribution in [1.29, 1.82) is 0 Å². The Kier molecular flexibility index (Phi) is 6.39. The average molecular weight is 682 g/mol. The number of aromatic nitrogens is 3. The van der Waals surface area contributed by atoms with Crippen molar-refractivity contribution in [3.8, 4) is 45.2 Å². The fourth-order valence-electron chi connectivity index (χ4n) is 7.72. The zero-order valence-corrected chi connectivity index (χ0v) is 28.6. The molecule has 7 aromatic carbocycles. The maximum Gasteiger partial charge on any atom is 0.160 e. The summed E-state index contributed by atoms with van der Waals surface area (Å²) in [4.78, 5) is 15.8. The predicted molar refractivity (Wildman–Crippen MR) is 217 cm³/mol. The summed E-state index contributed by atoms with van der Waals surface area (Å²) in [5.74, 6) is 0.690. The molecule has 0 N–H and O–H groups in total. The van der Waals surface area contributed by atoms with Gasteiger partial charge in [-0.05, 0) is 48.5 Å². The number of hydrogen-bond acceptors (Lipinski definition) is 5. The Hall–Kier alpha value is -6.69. The van der Waals surface area contributed by atoms with Gasteiger partial charge in [0, 0.05) is 69.4 Å². The molecule has 0 bridgehead atoms. The van der Waals surface area contributed by atoms with E-state index in [2.05, 4.69) is 127 Å². The van der Waals surface area contributed by atoms with E-state index in [0.717, 1.165) is 82.9 Å². The molecule has 0 amide bonds. The lowest BCUT2D eigenvalue weighted by Crippen LogP contribution is -1.97. The fraction of sp³-hybridized carbons (Fsp3) is 0. The van der Waals surface area contributed by atoms with Crippen LogP contribution < -0.4 is 0 Å². The number of hydrogen-bond donors (Lipinski definition) is 0. The van der Waals surface area contributed by atoms with Crippen LogP contribution in [0.4, 0.5) is 0 Å². The second-order valence-corrected chi connectivity index (χ2v) is 14.2. The number of furan rings is 1. The lowest BCUT2D eigenvalue weighted by molar-refractivity contribution is 0.669. The van der Waals surface area contributed by atoms with Crippen LogP contribution in [0.15, 0.2) is 168 Å². The SMILES string of the molecule is c1ccc(-c2nc(-c3ccc4nc(-c5ccccc5)c5ccc6oc7ccccc7c6c5c4c3)cc(-c3cccc4sc5ccccc5c34)n2)cc1. The number of fused-ring (bicyclic) bond motifs is 10. The standard InChI is InChI=1S/C47H27N3OS/c1-3-12-28(13-4-1)46-34-23-25-40-45(32-16-7-9-19-39(32)51-40)44(34)35-26-30(22-24-36(35)48-46)37-27-38(50-47(49-37)29-14-5-2-6-15-29)31-18-11-21-42-43(31)33-17-8-10-20-41(33)52-42/h1-27H. The van der Waals surface area contributed by atoms with E-state index in [1.165, 1.54) is 20.2 Å². The minimum Gasteiger partial charge on any atom is -0.456 e. The summed E-state index contributed by atoms with van der Waals surface area (Å²) in [5.41, 5.74) is 9.49. The van der Waals surface area contributed by atoms with Gasteiger partial charge >= 0.3 is 0 Å². The van der Waals surface area contributed by atoms with Crippen molar-refractivity contribution in [3.05, 3.63) is 164 Å². The Labute approximate surface area is 302 Å². The third-order valence-corrected chi connectivity index (χ3v) is 11.2. The van der Waals surface area contributed by atoms with E-state index < -0.39 is 0 Å². The largest absolute Gasteiger partial charge is 0.456 e. The molecule has 0 aliphatic carbocycles. The lowest BCUT2D eigenvalue weighted by atomic mass is 9.94. The number of para-hydroxylation sites is 1. The van der Waals surface area contributed by atoms with Crippen LogP contribution in [0.1, 0.15) is 0 Å². The zero-order valence-electron chi connectivity index (χ0n) is 27.7. The first-order valence-corrected chi connectivity index (χ1v) is 18.2. The molecule has 11 aromatic rings. The topological polar surface area (TPSA) is 51.8 Å². The van der Waals surface area contributed by atoms with E-state index in [9.17, 15) is 0 Å². The maximum atomic E-state index is 6.42. The molecule has 5 heteroatoms. The van der Waals surface area contributed by atoms with Gasteiger partial charge in [0.15, 0.2) is 5.82 Å². The second kappa shape index (κ2) is 11.4. The van der Waals surface area contributed by atoms with Crippen molar-refractivity contribution in [2.24, 2.45) is 0 Å².